The molecule has 0 fully saturated rings. The number of aromatic nitrogens is 2. The zero-order chi connectivity index (χ0) is 12.3. The van der Waals surface area contributed by atoms with Crippen LogP contribution in [-0.2, 0) is 6.61 Å². The Bertz CT molecular complexity index is 493. The van der Waals surface area contributed by atoms with Gasteiger partial charge in [0.05, 0.1) is 0 Å². The van der Waals surface area contributed by atoms with E-state index in [1.54, 1.807) is 6.07 Å². The second-order valence-corrected chi connectivity index (χ2v) is 4.84. The molecule has 2 N–H and O–H groups in total. The van der Waals surface area contributed by atoms with Crippen LogP contribution in [0.15, 0.2) is 30.3 Å². The molecule has 0 aliphatic carbocycles. The van der Waals surface area contributed by atoms with Gasteiger partial charge in [0.15, 0.2) is 5.82 Å². The summed E-state index contributed by atoms with van der Waals surface area (Å²) in [6.07, 6.45) is 0. The van der Waals surface area contributed by atoms with Crippen molar-refractivity contribution >= 4 is 28.4 Å². The fraction of sp³-hybridized carbons (Fsp3) is 0.167. The van der Waals surface area contributed by atoms with E-state index >= 15 is 0 Å². The van der Waals surface area contributed by atoms with Crippen molar-refractivity contribution in [3.8, 4) is 5.75 Å². The largest absolute Gasteiger partial charge is 0.486 e. The van der Waals surface area contributed by atoms with Crippen LogP contribution in [0.2, 0.25) is 0 Å². The lowest BCUT2D eigenvalue weighted by atomic mass is 10.3. The highest BCUT2D eigenvalue weighted by Crippen LogP contribution is 2.14. The van der Waals surface area contributed by atoms with Crippen molar-refractivity contribution in [1.82, 2.24) is 9.97 Å². The predicted molar refractivity (Wildman–Crippen MR) is 74.7 cm³/mol. The Hall–Kier alpha value is -1.37. The summed E-state index contributed by atoms with van der Waals surface area (Å²) >= 11 is 2.25. The summed E-state index contributed by atoms with van der Waals surface area (Å²) in [4.78, 5) is 8.36. The van der Waals surface area contributed by atoms with E-state index in [1.165, 1.54) is 3.57 Å². The molecule has 0 radical (unpaired) electrons. The number of nitrogens with two attached hydrogens (primary N) is 1. The molecule has 0 aliphatic heterocycles. The van der Waals surface area contributed by atoms with Gasteiger partial charge in [0.1, 0.15) is 18.2 Å². The summed E-state index contributed by atoms with van der Waals surface area (Å²) < 4.78 is 6.75. The minimum absolute atomic E-state index is 0.326. The number of benzene rings is 1. The minimum atomic E-state index is 0.326. The van der Waals surface area contributed by atoms with Crippen molar-refractivity contribution in [3.05, 3.63) is 45.4 Å². The fourth-order valence-electron chi connectivity index (χ4n) is 1.40. The van der Waals surface area contributed by atoms with Crippen molar-refractivity contribution in [2.75, 3.05) is 5.73 Å². The summed E-state index contributed by atoms with van der Waals surface area (Å²) in [5, 5.41) is 0. The van der Waals surface area contributed by atoms with Crippen LogP contribution in [0, 0.1) is 10.5 Å². The third-order valence-electron chi connectivity index (χ3n) is 2.10. The van der Waals surface area contributed by atoms with Gasteiger partial charge in [-0.05, 0) is 53.8 Å². The second-order valence-electron chi connectivity index (χ2n) is 3.59. The topological polar surface area (TPSA) is 61.0 Å². The molecule has 2 rings (SSSR count). The molecular weight excluding hydrogens is 329 g/mol. The van der Waals surface area contributed by atoms with E-state index < -0.39 is 0 Å². The maximum Gasteiger partial charge on any atom is 0.168 e. The molecule has 0 atom stereocenters. The summed E-state index contributed by atoms with van der Waals surface area (Å²) in [6, 6.07) is 9.54. The van der Waals surface area contributed by atoms with Crippen LogP contribution in [0.1, 0.15) is 11.5 Å². The Labute approximate surface area is 113 Å². The van der Waals surface area contributed by atoms with Gasteiger partial charge in [0.25, 0.3) is 0 Å². The Morgan fingerprint density at radius 1 is 1.24 bits per heavy atom. The minimum Gasteiger partial charge on any atom is -0.486 e. The smallest absolute Gasteiger partial charge is 0.168 e. The Balaban J connectivity index is 2.04. The molecule has 0 bridgehead atoms. The van der Waals surface area contributed by atoms with Gasteiger partial charge in [0.2, 0.25) is 0 Å². The number of anilines is 1. The van der Waals surface area contributed by atoms with Gasteiger partial charge in [-0.15, -0.1) is 0 Å². The molecule has 1 heterocycles. The second kappa shape index (κ2) is 5.31. The molecule has 0 amide bonds. The van der Waals surface area contributed by atoms with Gasteiger partial charge < -0.3 is 10.5 Å². The molecule has 0 saturated carbocycles. The molecule has 0 aliphatic rings. The molecule has 5 heteroatoms. The zero-order valence-corrected chi connectivity index (χ0v) is 11.5. The lowest BCUT2D eigenvalue weighted by molar-refractivity contribution is 0.295. The van der Waals surface area contributed by atoms with Crippen LogP contribution in [0.5, 0.6) is 5.75 Å². The van der Waals surface area contributed by atoms with Crippen LogP contribution in [0.25, 0.3) is 0 Å². The van der Waals surface area contributed by atoms with E-state index in [4.69, 9.17) is 10.5 Å². The first-order chi connectivity index (χ1) is 8.13. The molecule has 88 valence electrons. The van der Waals surface area contributed by atoms with Crippen molar-refractivity contribution in [2.24, 2.45) is 0 Å². The van der Waals surface area contributed by atoms with E-state index in [1.807, 2.05) is 31.2 Å². The molecule has 17 heavy (non-hydrogen) atoms. The third-order valence-corrected chi connectivity index (χ3v) is 2.82. The first kappa shape index (κ1) is 12.1. The maximum absolute atomic E-state index is 5.64. The molecule has 0 unspecified atom stereocenters. The number of ether oxygens (including phenoxy) is 1. The normalized spacial score (nSPS) is 10.2. The number of nitrogens with zero attached hydrogens (tertiary/aromatic N) is 2. The SMILES string of the molecule is Cc1cc(N)nc(COc2ccc(I)cc2)n1. The van der Waals surface area contributed by atoms with Crippen LogP contribution in [0.4, 0.5) is 5.82 Å². The number of nitrogen functional groups attached to an aromatic ring is 1. The monoisotopic (exact) mass is 341 g/mol. The van der Waals surface area contributed by atoms with Crippen molar-refractivity contribution in [2.45, 2.75) is 13.5 Å². The van der Waals surface area contributed by atoms with Crippen molar-refractivity contribution in [3.63, 3.8) is 0 Å². The third kappa shape index (κ3) is 3.55. The van der Waals surface area contributed by atoms with Gasteiger partial charge in [-0.1, -0.05) is 0 Å². The van der Waals surface area contributed by atoms with Gasteiger partial charge in [0, 0.05) is 15.3 Å². The average Bonchev–Trinajstić information content (AvgIpc) is 2.27. The number of hydrogen-bond acceptors (Lipinski definition) is 4. The van der Waals surface area contributed by atoms with Crippen molar-refractivity contribution < 1.29 is 4.74 Å². The molecule has 1 aromatic heterocycles. The highest BCUT2D eigenvalue weighted by atomic mass is 127. The molecule has 0 spiro atoms. The molecule has 4 nitrogen and oxygen atoms in total. The number of rotatable bonds is 3. The molecular formula is C12H12IN3O. The van der Waals surface area contributed by atoms with E-state index in [2.05, 4.69) is 32.6 Å². The van der Waals surface area contributed by atoms with E-state index in [-0.39, 0.29) is 0 Å². The first-order valence-corrected chi connectivity index (χ1v) is 6.20. The molecule has 1 aromatic carbocycles. The zero-order valence-electron chi connectivity index (χ0n) is 9.35. The number of hydrogen-bond donors (Lipinski definition) is 1. The lowest BCUT2D eigenvalue weighted by Crippen LogP contribution is -2.05. The Morgan fingerprint density at radius 2 is 1.94 bits per heavy atom. The van der Waals surface area contributed by atoms with Gasteiger partial charge >= 0.3 is 0 Å². The van der Waals surface area contributed by atoms with Crippen molar-refractivity contribution in [1.29, 1.82) is 0 Å². The average molecular weight is 341 g/mol. The quantitative estimate of drug-likeness (QED) is 0.872. The van der Waals surface area contributed by atoms with E-state index in [9.17, 15) is 0 Å². The predicted octanol–water partition coefficient (Wildman–Crippen LogP) is 2.55. The standard InChI is InChI=1S/C12H12IN3O/c1-8-6-11(14)16-12(15-8)7-17-10-4-2-9(13)3-5-10/h2-6H,7H2,1H3,(H2,14,15,16). The first-order valence-electron chi connectivity index (χ1n) is 5.12. The van der Waals surface area contributed by atoms with Crippen LogP contribution < -0.4 is 10.5 Å². The van der Waals surface area contributed by atoms with Crippen LogP contribution >= 0.6 is 22.6 Å². The van der Waals surface area contributed by atoms with Gasteiger partial charge in [-0.3, -0.25) is 0 Å². The lowest BCUT2D eigenvalue weighted by Gasteiger charge is -2.06. The highest BCUT2D eigenvalue weighted by molar-refractivity contribution is 14.1. The fourth-order valence-corrected chi connectivity index (χ4v) is 1.76. The maximum atomic E-state index is 5.64. The summed E-state index contributed by atoms with van der Waals surface area (Å²) in [5.74, 6) is 1.87. The summed E-state index contributed by atoms with van der Waals surface area (Å²) in [6.45, 7) is 2.21. The highest BCUT2D eigenvalue weighted by Gasteiger charge is 2.01. The molecule has 2 aromatic rings. The van der Waals surface area contributed by atoms with E-state index in [0.29, 0.717) is 18.2 Å². The summed E-state index contributed by atoms with van der Waals surface area (Å²) in [5.41, 5.74) is 6.49. The molecule has 0 saturated heterocycles. The van der Waals surface area contributed by atoms with Crippen LogP contribution in [0.3, 0.4) is 0 Å². The van der Waals surface area contributed by atoms with E-state index in [0.717, 1.165) is 11.4 Å². The van der Waals surface area contributed by atoms with Gasteiger partial charge in [-0.25, -0.2) is 9.97 Å². The summed E-state index contributed by atoms with van der Waals surface area (Å²) in [7, 11) is 0. The Kier molecular flexibility index (Phi) is 3.78. The van der Waals surface area contributed by atoms with Gasteiger partial charge in [-0.2, -0.15) is 0 Å². The number of aryl methyl sites for hydroxylation is 1. The Morgan fingerprint density at radius 3 is 2.59 bits per heavy atom. The van der Waals surface area contributed by atoms with Crippen LogP contribution in [-0.4, -0.2) is 9.97 Å². The number of halogens is 1.